The van der Waals surface area contributed by atoms with Gasteiger partial charge in [-0.15, -0.1) is 0 Å². The van der Waals surface area contributed by atoms with Gasteiger partial charge in [-0.3, -0.25) is 9.89 Å². The van der Waals surface area contributed by atoms with E-state index in [1.807, 2.05) is 37.2 Å². The molecule has 1 aliphatic rings. The maximum Gasteiger partial charge on any atom is 0.191 e. The van der Waals surface area contributed by atoms with Crippen LogP contribution in [-0.2, 0) is 4.74 Å². The average Bonchev–Trinajstić information content (AvgIpc) is 2.79. The van der Waals surface area contributed by atoms with Crippen molar-refractivity contribution < 1.29 is 13.5 Å². The van der Waals surface area contributed by atoms with Crippen molar-refractivity contribution in [1.29, 1.82) is 0 Å². The number of guanidine groups is 1. The summed E-state index contributed by atoms with van der Waals surface area (Å²) >= 11 is 0. The molecule has 2 aromatic rings. The Hall–Kier alpha value is -2.55. The van der Waals surface area contributed by atoms with Crippen LogP contribution in [0, 0.1) is 11.6 Å². The lowest BCUT2D eigenvalue weighted by atomic mass is 10.0. The Bertz CT molecular complexity index is 869. The molecule has 0 amide bonds. The molecule has 174 valence electrons. The van der Waals surface area contributed by atoms with Gasteiger partial charge in [0.15, 0.2) is 5.96 Å². The largest absolute Gasteiger partial charge is 0.379 e. The van der Waals surface area contributed by atoms with E-state index in [-0.39, 0.29) is 23.7 Å². The molecule has 0 spiro atoms. The monoisotopic (exact) mass is 445 g/mol. The first kappa shape index (κ1) is 24.1. The van der Waals surface area contributed by atoms with Crippen LogP contribution in [0.15, 0.2) is 53.5 Å². The normalized spacial score (nSPS) is 17.2. The molecule has 0 aromatic heterocycles. The van der Waals surface area contributed by atoms with Crippen LogP contribution in [0.25, 0.3) is 0 Å². The third-order valence-corrected chi connectivity index (χ3v) is 5.75. The molecule has 32 heavy (non-hydrogen) atoms. The molecule has 2 aromatic carbocycles. The summed E-state index contributed by atoms with van der Waals surface area (Å²) in [5, 5.41) is 6.77. The number of morpholine rings is 1. The number of aliphatic imine (C=N–C) groups is 1. The zero-order valence-corrected chi connectivity index (χ0v) is 19.0. The van der Waals surface area contributed by atoms with E-state index in [1.165, 1.54) is 18.2 Å². The molecule has 2 unspecified atom stereocenters. The molecule has 1 fully saturated rings. The topological polar surface area (TPSA) is 52.1 Å². The molecule has 6 nitrogen and oxygen atoms in total. The van der Waals surface area contributed by atoms with Gasteiger partial charge in [0.2, 0.25) is 0 Å². The van der Waals surface area contributed by atoms with Crippen LogP contribution in [-0.4, -0.2) is 76.3 Å². The number of benzene rings is 2. The van der Waals surface area contributed by atoms with Crippen molar-refractivity contribution >= 4 is 5.96 Å². The summed E-state index contributed by atoms with van der Waals surface area (Å²) in [5.41, 5.74) is 1.94. The Balaban J connectivity index is 1.65. The zero-order valence-electron chi connectivity index (χ0n) is 19.0. The summed E-state index contributed by atoms with van der Waals surface area (Å²) in [4.78, 5) is 8.74. The van der Waals surface area contributed by atoms with Crippen molar-refractivity contribution in [2.75, 3.05) is 60.5 Å². The summed E-state index contributed by atoms with van der Waals surface area (Å²) in [6, 6.07) is 13.4. The van der Waals surface area contributed by atoms with E-state index in [1.54, 1.807) is 19.2 Å². The van der Waals surface area contributed by atoms with Crippen LogP contribution in [0.2, 0.25) is 0 Å². The minimum absolute atomic E-state index is 0.0172. The molecule has 0 saturated carbocycles. The highest BCUT2D eigenvalue weighted by Crippen LogP contribution is 2.22. The number of nitrogens with one attached hydrogen (secondary N) is 2. The Morgan fingerprint density at radius 2 is 1.69 bits per heavy atom. The van der Waals surface area contributed by atoms with Gasteiger partial charge in [-0.05, 0) is 49.5 Å². The standard InChI is InChI=1S/C24H33F2N5O/c1-27-24(28-16-22(30(2)3)19-5-4-6-21(26)15-19)29-17-23(31-11-13-32-14-12-31)18-7-9-20(25)10-8-18/h4-10,15,22-23H,11-14,16-17H2,1-3H3,(H2,27,28,29). The smallest absolute Gasteiger partial charge is 0.191 e. The van der Waals surface area contributed by atoms with E-state index >= 15 is 0 Å². The van der Waals surface area contributed by atoms with E-state index in [4.69, 9.17) is 4.74 Å². The fourth-order valence-electron chi connectivity index (χ4n) is 3.95. The summed E-state index contributed by atoms with van der Waals surface area (Å²) in [6.07, 6.45) is 0. The molecular weight excluding hydrogens is 412 g/mol. The first-order chi connectivity index (χ1) is 15.5. The number of likely N-dealkylation sites (N-methyl/N-ethyl adjacent to an activating group) is 1. The fourth-order valence-corrected chi connectivity index (χ4v) is 3.95. The number of halogens is 2. The molecule has 0 aliphatic carbocycles. The van der Waals surface area contributed by atoms with Crippen molar-refractivity contribution in [2.45, 2.75) is 12.1 Å². The second-order valence-electron chi connectivity index (χ2n) is 8.08. The van der Waals surface area contributed by atoms with Gasteiger partial charge in [0.25, 0.3) is 0 Å². The molecule has 0 radical (unpaired) electrons. The van der Waals surface area contributed by atoms with Crippen molar-refractivity contribution in [2.24, 2.45) is 4.99 Å². The summed E-state index contributed by atoms with van der Waals surface area (Å²) in [5.74, 6) is 0.171. The van der Waals surface area contributed by atoms with E-state index in [0.717, 1.165) is 24.2 Å². The second kappa shape index (κ2) is 11.9. The third kappa shape index (κ3) is 6.72. The number of hydrogen-bond donors (Lipinski definition) is 2. The highest BCUT2D eigenvalue weighted by Gasteiger charge is 2.23. The van der Waals surface area contributed by atoms with Gasteiger partial charge in [-0.2, -0.15) is 0 Å². The summed E-state index contributed by atoms with van der Waals surface area (Å²) in [7, 11) is 5.66. The third-order valence-electron chi connectivity index (χ3n) is 5.75. The van der Waals surface area contributed by atoms with E-state index in [0.29, 0.717) is 32.3 Å². The highest BCUT2D eigenvalue weighted by molar-refractivity contribution is 5.79. The Labute approximate surface area is 189 Å². The lowest BCUT2D eigenvalue weighted by Crippen LogP contribution is -2.47. The molecule has 3 rings (SSSR count). The van der Waals surface area contributed by atoms with Gasteiger partial charge in [-0.1, -0.05) is 24.3 Å². The van der Waals surface area contributed by atoms with Crippen LogP contribution in [0.5, 0.6) is 0 Å². The molecule has 1 saturated heterocycles. The number of ether oxygens (including phenoxy) is 1. The molecular formula is C24H33F2N5O. The SMILES string of the molecule is CN=C(NCC(c1cccc(F)c1)N(C)C)NCC(c1ccc(F)cc1)N1CCOCC1. The predicted octanol–water partition coefficient (Wildman–Crippen LogP) is 2.81. The van der Waals surface area contributed by atoms with Crippen LogP contribution < -0.4 is 10.6 Å². The number of rotatable bonds is 8. The van der Waals surface area contributed by atoms with Gasteiger partial charge in [-0.25, -0.2) is 8.78 Å². The number of nitrogens with zero attached hydrogens (tertiary/aromatic N) is 3. The predicted molar refractivity (Wildman–Crippen MR) is 124 cm³/mol. The average molecular weight is 446 g/mol. The minimum atomic E-state index is -0.246. The van der Waals surface area contributed by atoms with Gasteiger partial charge >= 0.3 is 0 Å². The summed E-state index contributed by atoms with van der Waals surface area (Å²) in [6.45, 7) is 4.18. The van der Waals surface area contributed by atoms with Gasteiger partial charge < -0.3 is 20.3 Å². The molecule has 1 aliphatic heterocycles. The van der Waals surface area contributed by atoms with Crippen molar-refractivity contribution in [3.8, 4) is 0 Å². The van der Waals surface area contributed by atoms with Crippen LogP contribution >= 0.6 is 0 Å². The lowest BCUT2D eigenvalue weighted by Gasteiger charge is -2.35. The van der Waals surface area contributed by atoms with Crippen LogP contribution in [0.4, 0.5) is 8.78 Å². The van der Waals surface area contributed by atoms with Gasteiger partial charge in [0.05, 0.1) is 25.3 Å². The maximum atomic E-state index is 13.7. The van der Waals surface area contributed by atoms with E-state index in [9.17, 15) is 8.78 Å². The Kier molecular flexibility index (Phi) is 8.96. The summed E-state index contributed by atoms with van der Waals surface area (Å²) < 4.78 is 32.7. The van der Waals surface area contributed by atoms with Gasteiger partial charge in [0, 0.05) is 33.2 Å². The highest BCUT2D eigenvalue weighted by atomic mass is 19.1. The molecule has 1 heterocycles. The van der Waals surface area contributed by atoms with Gasteiger partial charge in [0.1, 0.15) is 11.6 Å². The maximum absolute atomic E-state index is 13.7. The van der Waals surface area contributed by atoms with Crippen LogP contribution in [0.1, 0.15) is 23.2 Å². The van der Waals surface area contributed by atoms with E-state index in [2.05, 4.69) is 20.5 Å². The van der Waals surface area contributed by atoms with Crippen molar-refractivity contribution in [3.05, 3.63) is 71.3 Å². The lowest BCUT2D eigenvalue weighted by molar-refractivity contribution is 0.0170. The van der Waals surface area contributed by atoms with Crippen LogP contribution in [0.3, 0.4) is 0 Å². The zero-order chi connectivity index (χ0) is 22.9. The Morgan fingerprint density at radius 3 is 2.31 bits per heavy atom. The quantitative estimate of drug-likeness (QED) is 0.484. The molecule has 0 bridgehead atoms. The van der Waals surface area contributed by atoms with Crippen molar-refractivity contribution in [3.63, 3.8) is 0 Å². The van der Waals surface area contributed by atoms with Crippen molar-refractivity contribution in [1.82, 2.24) is 20.4 Å². The first-order valence-electron chi connectivity index (χ1n) is 10.9. The molecule has 2 N–H and O–H groups in total. The fraction of sp³-hybridized carbons (Fsp3) is 0.458. The number of hydrogen-bond acceptors (Lipinski definition) is 4. The molecule has 2 atom stereocenters. The Morgan fingerprint density at radius 1 is 1.00 bits per heavy atom. The van der Waals surface area contributed by atoms with E-state index < -0.39 is 0 Å². The second-order valence-corrected chi connectivity index (χ2v) is 8.08. The first-order valence-corrected chi connectivity index (χ1v) is 10.9. The molecule has 8 heteroatoms. The minimum Gasteiger partial charge on any atom is -0.379 e.